The number of rotatable bonds is 5. The first kappa shape index (κ1) is 12.7. The maximum Gasteiger partial charge on any atom is 0.237 e. The molecule has 1 amide bonds. The number of carbonyl (C=O) groups is 1. The number of carbonyl (C=O) groups excluding carboxylic acids is 1. The first-order chi connectivity index (χ1) is 7.56. The van der Waals surface area contributed by atoms with Crippen LogP contribution in [0.1, 0.15) is 36.8 Å². The summed E-state index contributed by atoms with van der Waals surface area (Å²) in [7, 11) is 0. The Labute approximate surface area is 95.4 Å². The van der Waals surface area contributed by atoms with E-state index in [2.05, 4.69) is 10.5 Å². The minimum atomic E-state index is -0.425. The van der Waals surface area contributed by atoms with Gasteiger partial charge in [0.2, 0.25) is 5.91 Å². The van der Waals surface area contributed by atoms with Crippen molar-refractivity contribution in [1.82, 2.24) is 10.5 Å². The normalized spacial score (nSPS) is 12.5. The summed E-state index contributed by atoms with van der Waals surface area (Å²) in [4.78, 5) is 11.6. The van der Waals surface area contributed by atoms with Gasteiger partial charge in [0, 0.05) is 12.1 Å². The molecule has 1 rings (SSSR count). The van der Waals surface area contributed by atoms with Crippen molar-refractivity contribution in [3.8, 4) is 0 Å². The molecule has 5 heteroatoms. The Bertz CT molecular complexity index is 341. The summed E-state index contributed by atoms with van der Waals surface area (Å²) >= 11 is 0. The molecule has 3 N–H and O–H groups in total. The highest BCUT2D eigenvalue weighted by Gasteiger charge is 2.14. The van der Waals surface area contributed by atoms with Crippen molar-refractivity contribution in [3.05, 3.63) is 17.0 Å². The Morgan fingerprint density at radius 1 is 1.56 bits per heavy atom. The zero-order valence-corrected chi connectivity index (χ0v) is 10.0. The monoisotopic (exact) mass is 225 g/mol. The molecule has 5 nitrogen and oxygen atoms in total. The summed E-state index contributed by atoms with van der Waals surface area (Å²) in [5.41, 5.74) is 7.43. The third-order valence-electron chi connectivity index (χ3n) is 2.56. The molecular formula is C11H19N3O2. The van der Waals surface area contributed by atoms with Crippen molar-refractivity contribution in [2.24, 2.45) is 5.73 Å². The largest absolute Gasteiger partial charge is 0.361 e. The number of amides is 1. The van der Waals surface area contributed by atoms with E-state index in [1.54, 1.807) is 0 Å². The highest BCUT2D eigenvalue weighted by Crippen LogP contribution is 2.11. The fraction of sp³-hybridized carbons (Fsp3) is 0.636. The molecule has 0 aliphatic heterocycles. The Kier molecular flexibility index (Phi) is 4.49. The van der Waals surface area contributed by atoms with Crippen molar-refractivity contribution >= 4 is 5.91 Å². The van der Waals surface area contributed by atoms with E-state index in [1.165, 1.54) is 0 Å². The SMILES string of the molecule is CCCC(N)C(=O)NCc1c(C)noc1C. The van der Waals surface area contributed by atoms with E-state index >= 15 is 0 Å². The molecule has 16 heavy (non-hydrogen) atoms. The molecule has 0 aliphatic rings. The lowest BCUT2D eigenvalue weighted by molar-refractivity contribution is -0.122. The van der Waals surface area contributed by atoms with Gasteiger partial charge in [-0.2, -0.15) is 0 Å². The van der Waals surface area contributed by atoms with Crippen molar-refractivity contribution in [3.63, 3.8) is 0 Å². The van der Waals surface area contributed by atoms with Gasteiger partial charge in [-0.15, -0.1) is 0 Å². The van der Waals surface area contributed by atoms with Crippen LogP contribution in [0.5, 0.6) is 0 Å². The van der Waals surface area contributed by atoms with Crippen LogP contribution in [0.15, 0.2) is 4.52 Å². The predicted octanol–water partition coefficient (Wildman–Crippen LogP) is 1.04. The highest BCUT2D eigenvalue weighted by molar-refractivity contribution is 5.81. The van der Waals surface area contributed by atoms with E-state index in [-0.39, 0.29) is 5.91 Å². The van der Waals surface area contributed by atoms with Gasteiger partial charge in [0.05, 0.1) is 11.7 Å². The number of nitrogens with one attached hydrogen (secondary N) is 1. The van der Waals surface area contributed by atoms with Crippen LogP contribution in [-0.4, -0.2) is 17.1 Å². The number of nitrogens with two attached hydrogens (primary N) is 1. The van der Waals surface area contributed by atoms with E-state index in [9.17, 15) is 4.79 Å². The maximum atomic E-state index is 11.6. The van der Waals surface area contributed by atoms with Gasteiger partial charge >= 0.3 is 0 Å². The molecule has 0 saturated heterocycles. The van der Waals surface area contributed by atoms with Crippen LogP contribution in [0.25, 0.3) is 0 Å². The van der Waals surface area contributed by atoms with E-state index in [1.807, 2.05) is 20.8 Å². The molecule has 1 aromatic heterocycles. The van der Waals surface area contributed by atoms with E-state index in [0.717, 1.165) is 23.4 Å². The third-order valence-corrected chi connectivity index (χ3v) is 2.56. The first-order valence-electron chi connectivity index (χ1n) is 5.51. The Balaban J connectivity index is 2.49. The second-order valence-corrected chi connectivity index (χ2v) is 3.92. The van der Waals surface area contributed by atoms with Gasteiger partial charge in [0.15, 0.2) is 0 Å². The molecule has 0 saturated carbocycles. The molecule has 1 atom stereocenters. The maximum absolute atomic E-state index is 11.6. The number of hydrogen-bond acceptors (Lipinski definition) is 4. The summed E-state index contributed by atoms with van der Waals surface area (Å²) in [6.45, 7) is 6.11. The Morgan fingerprint density at radius 2 is 2.25 bits per heavy atom. The number of aryl methyl sites for hydroxylation is 2. The van der Waals surface area contributed by atoms with E-state index < -0.39 is 6.04 Å². The molecule has 0 aromatic carbocycles. The second-order valence-electron chi connectivity index (χ2n) is 3.92. The van der Waals surface area contributed by atoms with Gasteiger partial charge in [0.25, 0.3) is 0 Å². The molecule has 0 bridgehead atoms. The molecule has 0 radical (unpaired) electrons. The van der Waals surface area contributed by atoms with Crippen LogP contribution in [-0.2, 0) is 11.3 Å². The van der Waals surface area contributed by atoms with Crippen LogP contribution in [0.3, 0.4) is 0 Å². The zero-order valence-electron chi connectivity index (χ0n) is 10.0. The average molecular weight is 225 g/mol. The fourth-order valence-corrected chi connectivity index (χ4v) is 1.50. The summed E-state index contributed by atoms with van der Waals surface area (Å²) < 4.78 is 5.00. The lowest BCUT2D eigenvalue weighted by Gasteiger charge is -2.10. The smallest absolute Gasteiger partial charge is 0.237 e. The lowest BCUT2D eigenvalue weighted by Crippen LogP contribution is -2.40. The van der Waals surface area contributed by atoms with Gasteiger partial charge in [-0.3, -0.25) is 4.79 Å². The summed E-state index contributed by atoms with van der Waals surface area (Å²) in [5.74, 6) is 0.615. The Morgan fingerprint density at radius 3 is 2.75 bits per heavy atom. The van der Waals surface area contributed by atoms with Gasteiger partial charge in [-0.1, -0.05) is 18.5 Å². The minimum Gasteiger partial charge on any atom is -0.361 e. The lowest BCUT2D eigenvalue weighted by atomic mass is 10.1. The van der Waals surface area contributed by atoms with Gasteiger partial charge in [-0.05, 0) is 20.3 Å². The van der Waals surface area contributed by atoms with Crippen molar-refractivity contribution < 1.29 is 9.32 Å². The summed E-state index contributed by atoms with van der Waals surface area (Å²) in [5, 5.41) is 6.61. The van der Waals surface area contributed by atoms with Crippen LogP contribution in [0.4, 0.5) is 0 Å². The average Bonchev–Trinajstić information content (AvgIpc) is 2.56. The van der Waals surface area contributed by atoms with Crippen LogP contribution in [0.2, 0.25) is 0 Å². The van der Waals surface area contributed by atoms with Crippen LogP contribution < -0.4 is 11.1 Å². The van der Waals surface area contributed by atoms with E-state index in [4.69, 9.17) is 10.3 Å². The molecule has 0 fully saturated rings. The van der Waals surface area contributed by atoms with Gasteiger partial charge in [-0.25, -0.2) is 0 Å². The predicted molar refractivity (Wildman–Crippen MR) is 60.7 cm³/mol. The molecule has 0 spiro atoms. The van der Waals surface area contributed by atoms with Crippen molar-refractivity contribution in [2.75, 3.05) is 0 Å². The van der Waals surface area contributed by atoms with Crippen molar-refractivity contribution in [1.29, 1.82) is 0 Å². The first-order valence-corrected chi connectivity index (χ1v) is 5.51. The second kappa shape index (κ2) is 5.65. The molecule has 1 aromatic rings. The summed E-state index contributed by atoms with van der Waals surface area (Å²) in [6.07, 6.45) is 1.60. The van der Waals surface area contributed by atoms with Gasteiger partial charge in [0.1, 0.15) is 5.76 Å². The zero-order chi connectivity index (χ0) is 12.1. The number of nitrogens with zero attached hydrogens (tertiary/aromatic N) is 1. The fourth-order valence-electron chi connectivity index (χ4n) is 1.50. The topological polar surface area (TPSA) is 81.2 Å². The molecular weight excluding hydrogens is 206 g/mol. The number of aromatic nitrogens is 1. The molecule has 1 heterocycles. The standard InChI is InChI=1S/C11H19N3O2/c1-4-5-10(12)11(15)13-6-9-7(2)14-16-8(9)3/h10H,4-6,12H2,1-3H3,(H,13,15). The van der Waals surface area contributed by atoms with E-state index in [0.29, 0.717) is 13.0 Å². The Hall–Kier alpha value is -1.36. The molecule has 90 valence electrons. The highest BCUT2D eigenvalue weighted by atomic mass is 16.5. The van der Waals surface area contributed by atoms with Gasteiger partial charge < -0.3 is 15.6 Å². The van der Waals surface area contributed by atoms with Crippen LogP contribution in [0, 0.1) is 13.8 Å². The molecule has 1 unspecified atom stereocenters. The number of hydrogen-bond donors (Lipinski definition) is 2. The van der Waals surface area contributed by atoms with Crippen molar-refractivity contribution in [2.45, 2.75) is 46.2 Å². The minimum absolute atomic E-state index is 0.123. The summed E-state index contributed by atoms with van der Waals surface area (Å²) in [6, 6.07) is -0.425. The van der Waals surface area contributed by atoms with Crippen LogP contribution >= 0.6 is 0 Å². The quantitative estimate of drug-likeness (QED) is 0.784. The third kappa shape index (κ3) is 3.06. The molecule has 0 aliphatic carbocycles.